The summed E-state index contributed by atoms with van der Waals surface area (Å²) in [5.74, 6) is -0.179. The highest BCUT2D eigenvalue weighted by molar-refractivity contribution is 6.01. The van der Waals surface area contributed by atoms with Crippen LogP contribution < -0.4 is 4.74 Å². The number of benzene rings is 1. The summed E-state index contributed by atoms with van der Waals surface area (Å²) < 4.78 is 12.0. The molecule has 6 nitrogen and oxygen atoms in total. The molecule has 0 radical (unpaired) electrons. The van der Waals surface area contributed by atoms with Crippen LogP contribution >= 0.6 is 0 Å². The lowest BCUT2D eigenvalue weighted by molar-refractivity contribution is -0.140. The van der Waals surface area contributed by atoms with Gasteiger partial charge in [0.15, 0.2) is 6.10 Å². The van der Waals surface area contributed by atoms with Crippen LogP contribution in [0.25, 0.3) is 6.08 Å². The first-order chi connectivity index (χ1) is 11.8. The average Bonchev–Trinajstić information content (AvgIpc) is 2.84. The summed E-state index contributed by atoms with van der Waals surface area (Å²) >= 11 is 0. The SMILES string of the molecule is COc1ccc(C(=O)[C@@H](C)OC(=O)/C=C/c2c(C)nn(C)c2C)cc1. The fraction of sp³-hybridized carbons (Fsp3) is 0.316. The number of carbonyl (C=O) groups excluding carboxylic acids is 2. The van der Waals surface area contributed by atoms with Gasteiger partial charge in [0.1, 0.15) is 5.75 Å². The molecule has 0 unspecified atom stereocenters. The number of hydrogen-bond acceptors (Lipinski definition) is 5. The number of rotatable bonds is 6. The molecule has 0 amide bonds. The molecule has 0 saturated carbocycles. The van der Waals surface area contributed by atoms with Gasteiger partial charge in [-0.3, -0.25) is 9.48 Å². The van der Waals surface area contributed by atoms with Crippen LogP contribution in [-0.2, 0) is 16.6 Å². The van der Waals surface area contributed by atoms with Crippen LogP contribution in [0.15, 0.2) is 30.3 Å². The van der Waals surface area contributed by atoms with Crippen LogP contribution in [0.3, 0.4) is 0 Å². The Morgan fingerprint density at radius 1 is 1.20 bits per heavy atom. The zero-order valence-electron chi connectivity index (χ0n) is 15.1. The Kier molecular flexibility index (Phi) is 5.75. The summed E-state index contributed by atoms with van der Waals surface area (Å²) in [5.41, 5.74) is 3.10. The summed E-state index contributed by atoms with van der Waals surface area (Å²) in [7, 11) is 3.40. The topological polar surface area (TPSA) is 70.4 Å². The molecule has 6 heteroatoms. The summed E-state index contributed by atoms with van der Waals surface area (Å²) in [6, 6.07) is 6.67. The van der Waals surface area contributed by atoms with Gasteiger partial charge in [0.2, 0.25) is 5.78 Å². The minimum absolute atomic E-state index is 0.266. The second-order valence-electron chi connectivity index (χ2n) is 5.71. The largest absolute Gasteiger partial charge is 0.497 e. The van der Waals surface area contributed by atoms with Gasteiger partial charge in [-0.25, -0.2) is 4.79 Å². The molecule has 0 fully saturated rings. The minimum Gasteiger partial charge on any atom is -0.497 e. The number of carbonyl (C=O) groups is 2. The molecule has 1 aromatic heterocycles. The molecule has 0 aliphatic heterocycles. The monoisotopic (exact) mass is 342 g/mol. The van der Waals surface area contributed by atoms with Gasteiger partial charge in [0.25, 0.3) is 0 Å². The third kappa shape index (κ3) is 4.35. The summed E-state index contributed by atoms with van der Waals surface area (Å²) in [4.78, 5) is 24.3. The number of methoxy groups -OCH3 is 1. The normalized spacial score (nSPS) is 12.2. The maximum absolute atomic E-state index is 12.3. The summed E-state index contributed by atoms with van der Waals surface area (Å²) in [5, 5.41) is 4.28. The third-order valence-electron chi connectivity index (χ3n) is 3.99. The highest BCUT2D eigenvalue weighted by Gasteiger charge is 2.18. The number of esters is 1. The number of ether oxygens (including phenoxy) is 2. The highest BCUT2D eigenvalue weighted by Crippen LogP contribution is 2.15. The molecule has 25 heavy (non-hydrogen) atoms. The van der Waals surface area contributed by atoms with Crippen molar-refractivity contribution in [2.45, 2.75) is 26.9 Å². The predicted octanol–water partition coefficient (Wildman–Crippen LogP) is 2.87. The van der Waals surface area contributed by atoms with E-state index in [-0.39, 0.29) is 5.78 Å². The van der Waals surface area contributed by atoms with E-state index >= 15 is 0 Å². The van der Waals surface area contributed by atoms with E-state index in [1.54, 1.807) is 49.1 Å². The zero-order chi connectivity index (χ0) is 18.6. The van der Waals surface area contributed by atoms with Crippen molar-refractivity contribution in [3.8, 4) is 5.75 Å². The zero-order valence-corrected chi connectivity index (χ0v) is 15.1. The van der Waals surface area contributed by atoms with Crippen molar-refractivity contribution >= 4 is 17.8 Å². The standard InChI is InChI=1S/C19H22N2O4/c1-12-17(13(2)21(4)20-12)10-11-18(22)25-14(3)19(23)15-6-8-16(24-5)9-7-15/h6-11,14H,1-5H3/b11-10+/t14-/m1/s1. The smallest absolute Gasteiger partial charge is 0.331 e. The van der Waals surface area contributed by atoms with Crippen LogP contribution in [0.5, 0.6) is 5.75 Å². The molecule has 2 aromatic rings. The van der Waals surface area contributed by atoms with Crippen molar-refractivity contribution in [2.75, 3.05) is 7.11 Å². The molecule has 1 aromatic carbocycles. The number of ketones is 1. The molecule has 0 bridgehead atoms. The predicted molar refractivity (Wildman–Crippen MR) is 94.6 cm³/mol. The van der Waals surface area contributed by atoms with Crippen LogP contribution in [0, 0.1) is 13.8 Å². The first-order valence-corrected chi connectivity index (χ1v) is 7.90. The van der Waals surface area contributed by atoms with E-state index in [2.05, 4.69) is 5.10 Å². The molecule has 2 rings (SSSR count). The van der Waals surface area contributed by atoms with E-state index in [1.807, 2.05) is 20.9 Å². The summed E-state index contributed by atoms with van der Waals surface area (Å²) in [6.45, 7) is 5.34. The molecule has 0 spiro atoms. The van der Waals surface area contributed by atoms with Crippen molar-refractivity contribution < 1.29 is 19.1 Å². The van der Waals surface area contributed by atoms with E-state index < -0.39 is 12.1 Å². The van der Waals surface area contributed by atoms with Crippen LogP contribution in [0.1, 0.15) is 34.2 Å². The van der Waals surface area contributed by atoms with Gasteiger partial charge in [-0.1, -0.05) is 0 Å². The lowest BCUT2D eigenvalue weighted by Gasteiger charge is -2.11. The first-order valence-electron chi connectivity index (χ1n) is 7.90. The quantitative estimate of drug-likeness (QED) is 0.459. The molecule has 1 heterocycles. The van der Waals surface area contributed by atoms with Gasteiger partial charge >= 0.3 is 5.97 Å². The van der Waals surface area contributed by atoms with E-state index in [4.69, 9.17) is 9.47 Å². The van der Waals surface area contributed by atoms with Gasteiger partial charge in [-0.15, -0.1) is 0 Å². The van der Waals surface area contributed by atoms with Crippen molar-refractivity contribution in [3.63, 3.8) is 0 Å². The second-order valence-corrected chi connectivity index (χ2v) is 5.71. The number of Topliss-reactive ketones (excluding diaryl/α,β-unsaturated/α-hetero) is 1. The number of aromatic nitrogens is 2. The van der Waals surface area contributed by atoms with Gasteiger partial charge < -0.3 is 9.47 Å². The van der Waals surface area contributed by atoms with Gasteiger partial charge in [-0.05, 0) is 51.1 Å². The third-order valence-corrected chi connectivity index (χ3v) is 3.99. The molecule has 0 aliphatic carbocycles. The van der Waals surface area contributed by atoms with E-state index in [0.717, 1.165) is 17.0 Å². The Hall–Kier alpha value is -2.89. The lowest BCUT2D eigenvalue weighted by atomic mass is 10.1. The molecule has 1 atom stereocenters. The minimum atomic E-state index is -0.873. The number of nitrogens with zero attached hydrogens (tertiary/aromatic N) is 2. The van der Waals surface area contributed by atoms with Crippen molar-refractivity contribution in [1.29, 1.82) is 0 Å². The van der Waals surface area contributed by atoms with Crippen LogP contribution in [-0.4, -0.2) is 34.7 Å². The van der Waals surface area contributed by atoms with Gasteiger partial charge in [-0.2, -0.15) is 5.10 Å². The molecule has 0 aliphatic rings. The molecule has 132 valence electrons. The molecule has 0 N–H and O–H groups in total. The van der Waals surface area contributed by atoms with Crippen LogP contribution in [0.4, 0.5) is 0 Å². The van der Waals surface area contributed by atoms with Crippen LogP contribution in [0.2, 0.25) is 0 Å². The first kappa shape index (κ1) is 18.4. The summed E-state index contributed by atoms with van der Waals surface area (Å²) in [6.07, 6.45) is 2.10. The fourth-order valence-corrected chi connectivity index (χ4v) is 2.44. The Balaban J connectivity index is 2.01. The lowest BCUT2D eigenvalue weighted by Crippen LogP contribution is -2.23. The number of hydrogen-bond donors (Lipinski definition) is 0. The Bertz CT molecular complexity index is 804. The van der Waals surface area contributed by atoms with Crippen molar-refractivity contribution in [2.24, 2.45) is 7.05 Å². The average molecular weight is 342 g/mol. The Labute approximate surface area is 147 Å². The second kappa shape index (κ2) is 7.79. The Morgan fingerprint density at radius 2 is 1.84 bits per heavy atom. The molecular formula is C19H22N2O4. The number of aryl methyl sites for hydroxylation is 2. The maximum atomic E-state index is 12.3. The molecule has 0 saturated heterocycles. The van der Waals surface area contributed by atoms with Crippen molar-refractivity contribution in [3.05, 3.63) is 52.9 Å². The Morgan fingerprint density at radius 3 is 2.36 bits per heavy atom. The van der Waals surface area contributed by atoms with E-state index in [9.17, 15) is 9.59 Å². The van der Waals surface area contributed by atoms with E-state index in [1.165, 1.54) is 6.08 Å². The fourth-order valence-electron chi connectivity index (χ4n) is 2.44. The maximum Gasteiger partial charge on any atom is 0.331 e. The van der Waals surface area contributed by atoms with Gasteiger partial charge in [0, 0.05) is 29.9 Å². The van der Waals surface area contributed by atoms with E-state index in [0.29, 0.717) is 11.3 Å². The molecular weight excluding hydrogens is 320 g/mol. The van der Waals surface area contributed by atoms with Crippen molar-refractivity contribution in [1.82, 2.24) is 9.78 Å². The van der Waals surface area contributed by atoms with Gasteiger partial charge in [0.05, 0.1) is 12.8 Å². The highest BCUT2D eigenvalue weighted by atomic mass is 16.5.